The highest BCUT2D eigenvalue weighted by atomic mass is 32.2. The Kier molecular flexibility index (Phi) is 6.45. The van der Waals surface area contributed by atoms with Crippen molar-refractivity contribution in [3.8, 4) is 5.75 Å². The molecule has 0 radical (unpaired) electrons. The van der Waals surface area contributed by atoms with Crippen LogP contribution in [-0.2, 0) is 16.4 Å². The molecule has 1 fully saturated rings. The van der Waals surface area contributed by atoms with Gasteiger partial charge in [0.15, 0.2) is 9.84 Å². The van der Waals surface area contributed by atoms with Crippen molar-refractivity contribution in [1.82, 2.24) is 4.90 Å². The second-order valence-electron chi connectivity index (χ2n) is 7.75. The molecule has 0 N–H and O–H groups in total. The summed E-state index contributed by atoms with van der Waals surface area (Å²) < 4.78 is 29.7. The molecule has 0 bridgehead atoms. The van der Waals surface area contributed by atoms with Crippen molar-refractivity contribution >= 4 is 27.1 Å². The molecular formula is C21H27NO4S2. The molecule has 0 aliphatic carbocycles. The maximum atomic E-state index is 13.3. The molecular weight excluding hydrogens is 394 g/mol. The second-order valence-corrected chi connectivity index (χ2v) is 11.0. The lowest BCUT2D eigenvalue weighted by molar-refractivity contribution is 0.0683. The highest BCUT2D eigenvalue weighted by Crippen LogP contribution is 2.26. The zero-order valence-electron chi connectivity index (χ0n) is 16.6. The highest BCUT2D eigenvalue weighted by molar-refractivity contribution is 7.91. The van der Waals surface area contributed by atoms with E-state index < -0.39 is 9.84 Å². The van der Waals surface area contributed by atoms with Gasteiger partial charge in [-0.05, 0) is 60.5 Å². The molecule has 1 saturated heterocycles. The number of thiophene rings is 1. The van der Waals surface area contributed by atoms with Crippen molar-refractivity contribution in [3.63, 3.8) is 0 Å². The van der Waals surface area contributed by atoms with Crippen LogP contribution in [0.25, 0.3) is 0 Å². The zero-order chi connectivity index (χ0) is 20.3. The summed E-state index contributed by atoms with van der Waals surface area (Å²) in [6.07, 6.45) is 0.494. The minimum absolute atomic E-state index is 0.0404. The first-order chi connectivity index (χ1) is 13.2. The number of amides is 1. The van der Waals surface area contributed by atoms with Crippen LogP contribution in [0.1, 0.15) is 41.1 Å². The van der Waals surface area contributed by atoms with Crippen LogP contribution in [0.15, 0.2) is 35.7 Å². The van der Waals surface area contributed by atoms with Crippen molar-refractivity contribution < 1.29 is 17.9 Å². The fourth-order valence-electron chi connectivity index (χ4n) is 3.23. The van der Waals surface area contributed by atoms with Gasteiger partial charge in [0, 0.05) is 16.5 Å². The van der Waals surface area contributed by atoms with Gasteiger partial charge in [0.1, 0.15) is 5.75 Å². The summed E-state index contributed by atoms with van der Waals surface area (Å²) in [4.78, 5) is 16.1. The minimum Gasteiger partial charge on any atom is -0.493 e. The summed E-state index contributed by atoms with van der Waals surface area (Å²) in [6.45, 7) is 7.24. The molecule has 1 aromatic heterocycles. The molecule has 1 atom stereocenters. The Bertz CT molecular complexity index is 916. The number of carbonyl (C=O) groups excluding carboxylic acids is 1. The molecule has 3 rings (SSSR count). The molecule has 1 aliphatic rings. The maximum Gasteiger partial charge on any atom is 0.254 e. The molecule has 2 aromatic rings. The van der Waals surface area contributed by atoms with E-state index in [0.717, 1.165) is 16.2 Å². The van der Waals surface area contributed by atoms with Crippen LogP contribution in [0.2, 0.25) is 0 Å². The van der Waals surface area contributed by atoms with Crippen molar-refractivity contribution in [2.45, 2.75) is 39.8 Å². The first-order valence-electron chi connectivity index (χ1n) is 9.52. The Balaban J connectivity index is 1.80. The van der Waals surface area contributed by atoms with Crippen LogP contribution in [-0.4, -0.2) is 43.4 Å². The Hall–Kier alpha value is -1.86. The normalized spacial score (nSPS) is 18.4. The molecule has 5 nitrogen and oxygen atoms in total. The van der Waals surface area contributed by atoms with Crippen molar-refractivity contribution in [2.24, 2.45) is 5.92 Å². The van der Waals surface area contributed by atoms with E-state index in [1.165, 1.54) is 0 Å². The van der Waals surface area contributed by atoms with Crippen LogP contribution >= 0.6 is 11.3 Å². The van der Waals surface area contributed by atoms with Gasteiger partial charge in [0.2, 0.25) is 0 Å². The number of sulfone groups is 1. The van der Waals surface area contributed by atoms with Crippen LogP contribution in [0.5, 0.6) is 5.75 Å². The monoisotopic (exact) mass is 421 g/mol. The predicted molar refractivity (Wildman–Crippen MR) is 113 cm³/mol. The van der Waals surface area contributed by atoms with Crippen LogP contribution in [0, 0.1) is 12.8 Å². The lowest BCUT2D eigenvalue weighted by atomic mass is 10.1. The summed E-state index contributed by atoms with van der Waals surface area (Å²) in [5.41, 5.74) is 1.68. The molecule has 152 valence electrons. The van der Waals surface area contributed by atoms with E-state index in [0.29, 0.717) is 31.1 Å². The number of benzene rings is 1. The van der Waals surface area contributed by atoms with Crippen LogP contribution in [0.3, 0.4) is 0 Å². The maximum absolute atomic E-state index is 13.3. The average molecular weight is 422 g/mol. The smallest absolute Gasteiger partial charge is 0.254 e. The molecule has 1 aliphatic heterocycles. The molecule has 28 heavy (non-hydrogen) atoms. The summed E-state index contributed by atoms with van der Waals surface area (Å²) in [7, 11) is -3.08. The van der Waals surface area contributed by atoms with Gasteiger partial charge in [-0.25, -0.2) is 8.42 Å². The van der Waals surface area contributed by atoms with Gasteiger partial charge in [-0.3, -0.25) is 4.79 Å². The van der Waals surface area contributed by atoms with Crippen molar-refractivity contribution in [1.29, 1.82) is 0 Å². The number of hydrogen-bond acceptors (Lipinski definition) is 5. The third-order valence-corrected chi connectivity index (χ3v) is 7.63. The molecule has 2 heterocycles. The number of hydrogen-bond donors (Lipinski definition) is 0. The Morgan fingerprint density at radius 1 is 1.25 bits per heavy atom. The first-order valence-corrected chi connectivity index (χ1v) is 12.2. The quantitative estimate of drug-likeness (QED) is 0.680. The summed E-state index contributed by atoms with van der Waals surface area (Å²) in [6, 6.07) is 8.86. The number of nitrogens with zero attached hydrogens (tertiary/aromatic N) is 1. The standard InChI is InChI=1S/C21H27NO4S2/c1-15(2)13-26-19-6-4-17(5-7-19)21(23)22(12-20-16(3)8-10-27-20)18-9-11-28(24,25)14-18/h4-8,10,15,18H,9,11-14H2,1-3H3/t18-/m1/s1. The van der Waals surface area contributed by atoms with Gasteiger partial charge < -0.3 is 9.64 Å². The molecule has 7 heteroatoms. The number of rotatable bonds is 7. The predicted octanol–water partition coefficient (Wildman–Crippen LogP) is 3.92. The second kappa shape index (κ2) is 8.66. The zero-order valence-corrected chi connectivity index (χ0v) is 18.2. The van der Waals surface area contributed by atoms with Gasteiger partial charge in [0.25, 0.3) is 5.91 Å². The van der Waals surface area contributed by atoms with E-state index >= 15 is 0 Å². The van der Waals surface area contributed by atoms with E-state index in [-0.39, 0.29) is 23.5 Å². The molecule has 0 saturated carbocycles. The topological polar surface area (TPSA) is 63.7 Å². The highest BCUT2D eigenvalue weighted by Gasteiger charge is 2.35. The molecule has 0 spiro atoms. The Labute approximate surface area is 171 Å². The minimum atomic E-state index is -3.08. The van der Waals surface area contributed by atoms with Crippen molar-refractivity contribution in [2.75, 3.05) is 18.1 Å². The third kappa shape index (κ3) is 5.14. The fraction of sp³-hybridized carbons (Fsp3) is 0.476. The van der Waals surface area contributed by atoms with Crippen molar-refractivity contribution in [3.05, 3.63) is 51.7 Å². The summed E-state index contributed by atoms with van der Waals surface area (Å²) in [5.74, 6) is 1.21. The van der Waals surface area contributed by atoms with E-state index in [2.05, 4.69) is 13.8 Å². The molecule has 1 aromatic carbocycles. The number of carbonyl (C=O) groups is 1. The Morgan fingerprint density at radius 3 is 2.50 bits per heavy atom. The van der Waals surface area contributed by atoms with Crippen LogP contribution in [0.4, 0.5) is 0 Å². The van der Waals surface area contributed by atoms with Gasteiger partial charge in [-0.15, -0.1) is 11.3 Å². The molecule has 0 unspecified atom stereocenters. The summed E-state index contributed by atoms with van der Waals surface area (Å²) >= 11 is 1.60. The van der Waals surface area contributed by atoms with E-state index in [1.807, 2.05) is 18.4 Å². The van der Waals surface area contributed by atoms with Gasteiger partial charge in [0.05, 0.1) is 24.7 Å². The van der Waals surface area contributed by atoms with E-state index in [4.69, 9.17) is 4.74 Å². The summed E-state index contributed by atoms with van der Waals surface area (Å²) in [5, 5.41) is 2.00. The van der Waals surface area contributed by atoms with Gasteiger partial charge >= 0.3 is 0 Å². The average Bonchev–Trinajstić information content (AvgIpc) is 3.22. The number of ether oxygens (including phenoxy) is 1. The SMILES string of the molecule is Cc1ccsc1CN(C(=O)c1ccc(OCC(C)C)cc1)[C@@H]1CCS(=O)(=O)C1. The lowest BCUT2D eigenvalue weighted by Gasteiger charge is -2.28. The first kappa shape index (κ1) is 20.9. The van der Waals surface area contributed by atoms with E-state index in [1.54, 1.807) is 40.5 Å². The van der Waals surface area contributed by atoms with Gasteiger partial charge in [-0.1, -0.05) is 13.8 Å². The lowest BCUT2D eigenvalue weighted by Crippen LogP contribution is -2.40. The van der Waals surface area contributed by atoms with E-state index in [9.17, 15) is 13.2 Å². The Morgan fingerprint density at radius 2 is 1.96 bits per heavy atom. The number of aryl methyl sites for hydroxylation is 1. The van der Waals surface area contributed by atoms with Gasteiger partial charge in [-0.2, -0.15) is 0 Å². The molecule has 1 amide bonds. The fourth-order valence-corrected chi connectivity index (χ4v) is 5.87. The largest absolute Gasteiger partial charge is 0.493 e. The third-order valence-electron chi connectivity index (χ3n) is 4.88. The van der Waals surface area contributed by atoms with Crippen LogP contribution < -0.4 is 4.74 Å².